The first kappa shape index (κ1) is 39.4. The maximum atomic E-state index is 14.0. The molecule has 0 radical (unpaired) electrons. The van der Waals surface area contributed by atoms with Gasteiger partial charge in [-0.1, -0.05) is 60.6 Å². The number of rotatable bonds is 9. The van der Waals surface area contributed by atoms with Crippen LogP contribution in [0.15, 0.2) is 47.7 Å². The van der Waals surface area contributed by atoms with Gasteiger partial charge in [0.05, 0.1) is 23.6 Å². The van der Waals surface area contributed by atoms with E-state index < -0.39 is 22.8 Å². The molecule has 1 aromatic heterocycles. The second-order valence-electron chi connectivity index (χ2n) is 19.9. The number of allylic oxidation sites excluding steroid dienone is 3. The number of pyridine rings is 1. The predicted octanol–water partition coefficient (Wildman–Crippen LogP) is 9.21. The average molecular weight is 729 g/mol. The second-order valence-corrected chi connectivity index (χ2v) is 19.9. The summed E-state index contributed by atoms with van der Waals surface area (Å²) in [6, 6.07) is 5.48. The van der Waals surface area contributed by atoms with E-state index in [1.807, 2.05) is 25.1 Å². The molecule has 5 aliphatic rings. The fourth-order valence-electron chi connectivity index (χ4n) is 12.9. The Morgan fingerprint density at radius 3 is 2.32 bits per heavy atom. The quantitative estimate of drug-likeness (QED) is 0.192. The molecule has 2 N–H and O–H groups in total. The first-order chi connectivity index (χ1) is 24.6. The molecular weight excluding hydrogens is 665 g/mol. The third-order valence-electron chi connectivity index (χ3n) is 15.9. The molecule has 0 aromatic carbocycles. The van der Waals surface area contributed by atoms with E-state index in [0.29, 0.717) is 18.3 Å². The molecule has 8 heteroatoms. The maximum absolute atomic E-state index is 14.0. The highest BCUT2D eigenvalue weighted by Gasteiger charge is 2.70. The number of carboxylic acids is 1. The number of Topliss-reactive ketones (excluding diaryl/α,β-unsaturated/α-hetero) is 1. The number of hydrogen-bond donors (Lipinski definition) is 2. The van der Waals surface area contributed by atoms with Gasteiger partial charge >= 0.3 is 11.9 Å². The smallest absolute Gasteiger partial charge is 0.309 e. The van der Waals surface area contributed by atoms with Crippen molar-refractivity contribution in [3.63, 3.8) is 0 Å². The number of carboxylic acid groups (broad SMARTS) is 1. The molecule has 0 spiro atoms. The number of esters is 1. The van der Waals surface area contributed by atoms with Gasteiger partial charge in [0.2, 0.25) is 5.91 Å². The Morgan fingerprint density at radius 1 is 0.962 bits per heavy atom. The van der Waals surface area contributed by atoms with Crippen LogP contribution < -0.4 is 5.32 Å². The first-order valence-corrected chi connectivity index (χ1v) is 20.2. The SMILES string of the molecule is CC(C)C1=C2[C@H]3CCC4[C@@]5(C)CC[C@H](OC(=O)CC(C)(C)C(=O)O)C(C)(C)C5CC[C@@]4(C)[C@]3(C)CC[C@@]2(/C=C/C(=O)N[C@H](C)c2ccccn2)CC1=O. The standard InChI is InChI=1S/C45H64N2O6/c1-27(2)37-31(48)25-45(21-18-35(49)47-28(3)30-13-11-12-24-46-30)23-22-43(9)29(38(37)45)14-15-33-42(8)19-17-34(53-36(50)26-40(4,5)39(51)52)41(6,7)32(42)16-20-44(33,43)10/h11-13,18,21,24,27-29,32-34H,14-17,19-20,22-23,25-26H2,1-10H3,(H,47,49)(H,51,52)/b21-18+/t28-,29-,32?,33?,34+,42+,43-,44-,45+/m1/s1. The molecule has 2 unspecified atom stereocenters. The van der Waals surface area contributed by atoms with Gasteiger partial charge in [-0.05, 0) is 141 Å². The summed E-state index contributed by atoms with van der Waals surface area (Å²) < 4.78 is 6.16. The summed E-state index contributed by atoms with van der Waals surface area (Å²) in [5.74, 6) is -0.0965. The van der Waals surface area contributed by atoms with E-state index in [-0.39, 0.29) is 63.8 Å². The summed E-state index contributed by atoms with van der Waals surface area (Å²) in [6.07, 6.45) is 13.4. The molecule has 0 bridgehead atoms. The lowest BCUT2D eigenvalue weighted by atomic mass is 9.33. The fraction of sp³-hybridized carbons (Fsp3) is 0.711. The van der Waals surface area contributed by atoms with E-state index in [0.717, 1.165) is 62.6 Å². The van der Waals surface area contributed by atoms with Gasteiger partial charge < -0.3 is 15.2 Å². The molecule has 1 heterocycles. The lowest BCUT2D eigenvalue weighted by molar-refractivity contribution is -0.232. The van der Waals surface area contributed by atoms with E-state index in [4.69, 9.17) is 4.74 Å². The van der Waals surface area contributed by atoms with Crippen LogP contribution in [0.1, 0.15) is 145 Å². The van der Waals surface area contributed by atoms with E-state index in [2.05, 4.69) is 64.8 Å². The Bertz CT molecular complexity index is 1710. The van der Waals surface area contributed by atoms with Crippen LogP contribution in [0.5, 0.6) is 0 Å². The summed E-state index contributed by atoms with van der Waals surface area (Å²) in [4.78, 5) is 56.6. The number of ketones is 1. The molecule has 4 saturated carbocycles. The lowest BCUT2D eigenvalue weighted by Gasteiger charge is -2.72. The molecule has 8 nitrogen and oxygen atoms in total. The summed E-state index contributed by atoms with van der Waals surface area (Å²) in [5, 5.41) is 12.7. The van der Waals surface area contributed by atoms with Crippen LogP contribution >= 0.6 is 0 Å². The molecule has 5 aliphatic carbocycles. The number of carbonyl (C=O) groups excluding carboxylic acids is 3. The fourth-order valence-corrected chi connectivity index (χ4v) is 12.9. The topological polar surface area (TPSA) is 123 Å². The van der Waals surface area contributed by atoms with Crippen molar-refractivity contribution >= 4 is 23.6 Å². The molecule has 9 atom stereocenters. The van der Waals surface area contributed by atoms with Crippen LogP contribution in [0, 0.1) is 56.2 Å². The molecule has 0 aliphatic heterocycles. The molecule has 1 aromatic rings. The minimum absolute atomic E-state index is 0.00699. The Labute approximate surface area is 317 Å². The highest BCUT2D eigenvalue weighted by molar-refractivity contribution is 6.01. The van der Waals surface area contributed by atoms with Gasteiger partial charge in [-0.2, -0.15) is 0 Å². The van der Waals surface area contributed by atoms with Gasteiger partial charge in [-0.25, -0.2) is 0 Å². The molecular formula is C45H64N2O6. The number of fused-ring (bicyclic) bond motifs is 7. The van der Waals surface area contributed by atoms with Crippen molar-refractivity contribution < 1.29 is 29.0 Å². The first-order valence-electron chi connectivity index (χ1n) is 20.2. The van der Waals surface area contributed by atoms with E-state index in [1.54, 1.807) is 26.1 Å². The molecule has 290 valence electrons. The van der Waals surface area contributed by atoms with Crippen LogP contribution in [-0.4, -0.2) is 39.8 Å². The van der Waals surface area contributed by atoms with E-state index in [9.17, 15) is 24.3 Å². The third kappa shape index (κ3) is 6.32. The predicted molar refractivity (Wildman–Crippen MR) is 205 cm³/mol. The van der Waals surface area contributed by atoms with Crippen LogP contribution in [0.4, 0.5) is 0 Å². The molecule has 1 amide bonds. The summed E-state index contributed by atoms with van der Waals surface area (Å²) in [7, 11) is 0. The monoisotopic (exact) mass is 728 g/mol. The van der Waals surface area contributed by atoms with Gasteiger partial charge in [0.15, 0.2) is 5.78 Å². The van der Waals surface area contributed by atoms with E-state index >= 15 is 0 Å². The number of aromatic nitrogens is 1. The molecule has 53 heavy (non-hydrogen) atoms. The number of amides is 1. The number of hydrogen-bond acceptors (Lipinski definition) is 6. The Balaban J connectivity index is 1.27. The Kier molecular flexibility index (Phi) is 10.0. The largest absolute Gasteiger partial charge is 0.481 e. The van der Waals surface area contributed by atoms with Crippen LogP contribution in [0.3, 0.4) is 0 Å². The highest BCUT2D eigenvalue weighted by atomic mass is 16.5. The van der Waals surface area contributed by atoms with E-state index in [1.165, 1.54) is 5.57 Å². The van der Waals surface area contributed by atoms with Crippen molar-refractivity contribution in [2.24, 2.45) is 56.2 Å². The summed E-state index contributed by atoms with van der Waals surface area (Å²) >= 11 is 0. The third-order valence-corrected chi connectivity index (χ3v) is 15.9. The molecule has 6 rings (SSSR count). The maximum Gasteiger partial charge on any atom is 0.309 e. The average Bonchev–Trinajstić information content (AvgIpc) is 3.38. The number of aliphatic carboxylic acids is 1. The van der Waals surface area contributed by atoms with Gasteiger partial charge in [0, 0.05) is 23.4 Å². The number of nitrogens with one attached hydrogen (secondary N) is 1. The summed E-state index contributed by atoms with van der Waals surface area (Å²) in [5.41, 5.74) is 1.39. The Hall–Kier alpha value is -3.29. The minimum Gasteiger partial charge on any atom is -0.481 e. The van der Waals surface area contributed by atoms with Crippen molar-refractivity contribution in [3.05, 3.63) is 53.4 Å². The van der Waals surface area contributed by atoms with Crippen LogP contribution in [0.2, 0.25) is 0 Å². The van der Waals surface area contributed by atoms with Crippen molar-refractivity contribution in [3.8, 4) is 0 Å². The number of nitrogens with zero attached hydrogens (tertiary/aromatic N) is 1. The zero-order valence-electron chi connectivity index (χ0n) is 33.9. The van der Waals surface area contributed by atoms with Gasteiger partial charge in [-0.15, -0.1) is 0 Å². The zero-order chi connectivity index (χ0) is 38.9. The lowest BCUT2D eigenvalue weighted by Crippen LogP contribution is -2.65. The van der Waals surface area contributed by atoms with Gasteiger partial charge in [0.1, 0.15) is 6.10 Å². The van der Waals surface area contributed by atoms with Crippen LogP contribution in [-0.2, 0) is 23.9 Å². The highest BCUT2D eigenvalue weighted by Crippen LogP contribution is 2.77. The minimum atomic E-state index is -1.17. The number of carbonyl (C=O) groups is 4. The summed E-state index contributed by atoms with van der Waals surface area (Å²) in [6.45, 7) is 21.5. The molecule has 0 saturated heterocycles. The van der Waals surface area contributed by atoms with Gasteiger partial charge in [0.25, 0.3) is 0 Å². The van der Waals surface area contributed by atoms with Gasteiger partial charge in [-0.3, -0.25) is 24.2 Å². The normalized spacial score (nSPS) is 37.0. The number of ether oxygens (including phenoxy) is 1. The second kappa shape index (κ2) is 13.5. The van der Waals surface area contributed by atoms with Crippen molar-refractivity contribution in [1.29, 1.82) is 0 Å². The zero-order valence-corrected chi connectivity index (χ0v) is 33.9. The van der Waals surface area contributed by atoms with Crippen molar-refractivity contribution in [2.45, 2.75) is 146 Å². The Morgan fingerprint density at radius 2 is 1.68 bits per heavy atom. The van der Waals surface area contributed by atoms with Crippen molar-refractivity contribution in [2.75, 3.05) is 0 Å². The van der Waals surface area contributed by atoms with Crippen LogP contribution in [0.25, 0.3) is 0 Å². The molecule has 4 fully saturated rings. The van der Waals surface area contributed by atoms with Crippen molar-refractivity contribution in [1.82, 2.24) is 10.3 Å².